The summed E-state index contributed by atoms with van der Waals surface area (Å²) in [6.07, 6.45) is 12.5. The van der Waals surface area contributed by atoms with Crippen LogP contribution < -0.4 is 10.6 Å². The molecule has 2 aromatic rings. The molecule has 5 heteroatoms. The molecule has 186 valence electrons. The molecule has 2 aromatic carbocycles. The zero-order chi connectivity index (χ0) is 24.0. The largest absolute Gasteiger partial charge is 0.349 e. The Morgan fingerprint density at radius 1 is 0.829 bits per heavy atom. The van der Waals surface area contributed by atoms with Crippen LogP contribution in [0.5, 0.6) is 0 Å². The minimum absolute atomic E-state index is 0.0371. The molecular formula is C30H39N3O2. The summed E-state index contributed by atoms with van der Waals surface area (Å²) in [4.78, 5) is 27.8. The number of nitrogens with zero attached hydrogens (tertiary/aromatic N) is 1. The van der Waals surface area contributed by atoms with Crippen molar-refractivity contribution >= 4 is 17.5 Å². The van der Waals surface area contributed by atoms with Gasteiger partial charge in [0.05, 0.1) is 0 Å². The number of carbonyl (C=O) groups is 2. The Labute approximate surface area is 209 Å². The highest BCUT2D eigenvalue weighted by molar-refractivity contribution is 5.96. The summed E-state index contributed by atoms with van der Waals surface area (Å²) >= 11 is 0. The number of amides is 2. The summed E-state index contributed by atoms with van der Waals surface area (Å²) in [6, 6.07) is 14.4. The molecule has 35 heavy (non-hydrogen) atoms. The molecule has 1 saturated carbocycles. The van der Waals surface area contributed by atoms with Crippen molar-refractivity contribution in [3.63, 3.8) is 0 Å². The topological polar surface area (TPSA) is 61.4 Å². The van der Waals surface area contributed by atoms with Crippen molar-refractivity contribution in [3.05, 3.63) is 64.7 Å². The van der Waals surface area contributed by atoms with Crippen LogP contribution in [0.2, 0.25) is 0 Å². The van der Waals surface area contributed by atoms with Crippen LogP contribution in [-0.4, -0.2) is 35.8 Å². The zero-order valence-corrected chi connectivity index (χ0v) is 20.9. The van der Waals surface area contributed by atoms with E-state index in [0.717, 1.165) is 57.2 Å². The van der Waals surface area contributed by atoms with E-state index in [1.54, 1.807) is 0 Å². The lowest BCUT2D eigenvalue weighted by Gasteiger charge is -2.27. The number of benzene rings is 2. The lowest BCUT2D eigenvalue weighted by Crippen LogP contribution is -2.38. The SMILES string of the molecule is O=C(N[C@H]1CCc2cc(CN3CCCCCC3)ccc2C1)c1ccc(NC(=O)C2CCCC2)cc1. The van der Waals surface area contributed by atoms with Gasteiger partial charge in [0.1, 0.15) is 0 Å². The Kier molecular flexibility index (Phi) is 7.82. The third-order valence-corrected chi connectivity index (χ3v) is 8.08. The van der Waals surface area contributed by atoms with Gasteiger partial charge in [-0.25, -0.2) is 0 Å². The Morgan fingerprint density at radius 3 is 2.31 bits per heavy atom. The molecule has 2 N–H and O–H groups in total. The van der Waals surface area contributed by atoms with E-state index in [4.69, 9.17) is 0 Å². The number of carbonyl (C=O) groups excluding carboxylic acids is 2. The number of likely N-dealkylation sites (tertiary alicyclic amines) is 1. The number of hydrogen-bond acceptors (Lipinski definition) is 3. The molecule has 0 spiro atoms. The van der Waals surface area contributed by atoms with Gasteiger partial charge in [-0.3, -0.25) is 14.5 Å². The summed E-state index contributed by atoms with van der Waals surface area (Å²) < 4.78 is 0. The van der Waals surface area contributed by atoms with Crippen molar-refractivity contribution in [3.8, 4) is 0 Å². The maximum atomic E-state index is 12.9. The smallest absolute Gasteiger partial charge is 0.251 e. The summed E-state index contributed by atoms with van der Waals surface area (Å²) in [7, 11) is 0. The monoisotopic (exact) mass is 473 g/mol. The summed E-state index contributed by atoms with van der Waals surface area (Å²) in [5.74, 6) is 0.206. The summed E-state index contributed by atoms with van der Waals surface area (Å²) in [5.41, 5.74) is 5.65. The number of rotatable bonds is 6. The van der Waals surface area contributed by atoms with Crippen LogP contribution in [0.15, 0.2) is 42.5 Å². The minimum atomic E-state index is -0.0371. The standard InChI is InChI=1S/C30H39N3O2/c34-29(23-7-3-4-8-23)31-27-14-11-24(12-15-27)30(35)32-28-16-13-25-19-22(9-10-26(25)20-28)21-33-17-5-1-2-6-18-33/h9-12,14-15,19,23,28H,1-8,13,16-18,20-21H2,(H,31,34)(H,32,35)/t28-/m0/s1. The molecule has 2 aliphatic carbocycles. The van der Waals surface area contributed by atoms with Crippen molar-refractivity contribution in [2.75, 3.05) is 18.4 Å². The van der Waals surface area contributed by atoms with Crippen LogP contribution >= 0.6 is 0 Å². The molecule has 0 aromatic heterocycles. The van der Waals surface area contributed by atoms with Crippen LogP contribution in [-0.2, 0) is 24.2 Å². The van der Waals surface area contributed by atoms with E-state index in [1.807, 2.05) is 24.3 Å². The second kappa shape index (κ2) is 11.4. The third kappa shape index (κ3) is 6.32. The minimum Gasteiger partial charge on any atom is -0.349 e. The van der Waals surface area contributed by atoms with Gasteiger partial charge in [0.2, 0.25) is 5.91 Å². The van der Waals surface area contributed by atoms with Gasteiger partial charge in [0.15, 0.2) is 0 Å². The Hall–Kier alpha value is -2.66. The molecule has 1 aliphatic heterocycles. The van der Waals surface area contributed by atoms with Crippen LogP contribution in [0.4, 0.5) is 5.69 Å². The van der Waals surface area contributed by atoms with Gasteiger partial charge in [0, 0.05) is 29.8 Å². The molecule has 2 amide bonds. The van der Waals surface area contributed by atoms with E-state index < -0.39 is 0 Å². The van der Waals surface area contributed by atoms with Crippen LogP contribution in [0.3, 0.4) is 0 Å². The average Bonchev–Trinajstić information content (AvgIpc) is 3.30. The maximum absolute atomic E-state index is 12.9. The second-order valence-electron chi connectivity index (χ2n) is 10.8. The number of fused-ring (bicyclic) bond motifs is 1. The third-order valence-electron chi connectivity index (χ3n) is 8.08. The molecule has 0 radical (unpaired) electrons. The van der Waals surface area contributed by atoms with Crippen LogP contribution in [0, 0.1) is 5.92 Å². The normalized spacial score (nSPS) is 21.2. The number of aryl methyl sites for hydroxylation is 1. The van der Waals surface area contributed by atoms with Crippen molar-refractivity contribution in [1.82, 2.24) is 10.2 Å². The molecule has 0 bridgehead atoms. The van der Waals surface area contributed by atoms with E-state index in [9.17, 15) is 9.59 Å². The first-order chi connectivity index (χ1) is 17.1. The fourth-order valence-electron chi connectivity index (χ4n) is 5.99. The Bertz CT molecular complexity index is 1020. The molecule has 5 nitrogen and oxygen atoms in total. The predicted octanol–water partition coefficient (Wildman–Crippen LogP) is 5.48. The van der Waals surface area contributed by atoms with E-state index in [-0.39, 0.29) is 23.8 Å². The van der Waals surface area contributed by atoms with E-state index in [2.05, 4.69) is 33.7 Å². The van der Waals surface area contributed by atoms with Crippen LogP contribution in [0.25, 0.3) is 0 Å². The lowest BCUT2D eigenvalue weighted by molar-refractivity contribution is -0.119. The summed E-state index contributed by atoms with van der Waals surface area (Å²) in [6.45, 7) is 3.50. The first kappa shape index (κ1) is 24.1. The molecule has 1 saturated heterocycles. The summed E-state index contributed by atoms with van der Waals surface area (Å²) in [5, 5.41) is 6.24. The number of anilines is 1. The molecular weight excluding hydrogens is 434 g/mol. The molecule has 2 fully saturated rings. The first-order valence-electron chi connectivity index (χ1n) is 13.7. The number of hydrogen-bond donors (Lipinski definition) is 2. The van der Waals surface area contributed by atoms with E-state index >= 15 is 0 Å². The van der Waals surface area contributed by atoms with Crippen molar-refractivity contribution in [2.45, 2.75) is 83.2 Å². The van der Waals surface area contributed by atoms with Gasteiger partial charge in [0.25, 0.3) is 5.91 Å². The molecule has 3 aliphatic rings. The van der Waals surface area contributed by atoms with E-state index in [1.165, 1.54) is 55.5 Å². The Balaban J connectivity index is 1.13. The van der Waals surface area contributed by atoms with Crippen molar-refractivity contribution < 1.29 is 9.59 Å². The maximum Gasteiger partial charge on any atom is 0.251 e. The Morgan fingerprint density at radius 2 is 1.57 bits per heavy atom. The molecule has 5 rings (SSSR count). The lowest BCUT2D eigenvalue weighted by atomic mass is 9.87. The second-order valence-corrected chi connectivity index (χ2v) is 10.8. The van der Waals surface area contributed by atoms with Gasteiger partial charge in [-0.1, -0.05) is 43.9 Å². The quantitative estimate of drug-likeness (QED) is 0.584. The average molecular weight is 474 g/mol. The highest BCUT2D eigenvalue weighted by atomic mass is 16.2. The van der Waals surface area contributed by atoms with Gasteiger partial charge < -0.3 is 10.6 Å². The molecule has 1 heterocycles. The molecule has 1 atom stereocenters. The van der Waals surface area contributed by atoms with Gasteiger partial charge in [-0.05, 0) is 99.0 Å². The van der Waals surface area contributed by atoms with Gasteiger partial charge >= 0.3 is 0 Å². The highest BCUT2D eigenvalue weighted by Gasteiger charge is 2.23. The molecule has 0 unspecified atom stereocenters. The fraction of sp³-hybridized carbons (Fsp3) is 0.533. The highest BCUT2D eigenvalue weighted by Crippen LogP contribution is 2.27. The zero-order valence-electron chi connectivity index (χ0n) is 20.9. The fourth-order valence-corrected chi connectivity index (χ4v) is 5.99. The van der Waals surface area contributed by atoms with Crippen molar-refractivity contribution in [2.24, 2.45) is 5.92 Å². The predicted molar refractivity (Wildman–Crippen MR) is 140 cm³/mol. The van der Waals surface area contributed by atoms with E-state index in [0.29, 0.717) is 5.56 Å². The van der Waals surface area contributed by atoms with Gasteiger partial charge in [-0.15, -0.1) is 0 Å². The van der Waals surface area contributed by atoms with Gasteiger partial charge in [-0.2, -0.15) is 0 Å². The van der Waals surface area contributed by atoms with Crippen LogP contribution in [0.1, 0.15) is 84.8 Å². The first-order valence-corrected chi connectivity index (χ1v) is 13.7. The number of nitrogens with one attached hydrogen (secondary N) is 2. The van der Waals surface area contributed by atoms with Crippen molar-refractivity contribution in [1.29, 1.82) is 0 Å².